The van der Waals surface area contributed by atoms with Gasteiger partial charge in [-0.2, -0.15) is 0 Å². The topological polar surface area (TPSA) is 52.7 Å². The fraction of sp³-hybridized carbons (Fsp3) is 0.300. The number of urea groups is 1. The average Bonchev–Trinajstić information content (AvgIpc) is 2.96. The highest BCUT2D eigenvalue weighted by atomic mass is 16.2. The second-order valence-corrected chi connectivity index (χ2v) is 6.53. The first-order chi connectivity index (χ1) is 12.0. The van der Waals surface area contributed by atoms with Crippen molar-refractivity contribution in [3.05, 3.63) is 65.7 Å². The third-order valence-corrected chi connectivity index (χ3v) is 4.41. The quantitative estimate of drug-likeness (QED) is 0.932. The first-order valence-corrected chi connectivity index (χ1v) is 8.45. The summed E-state index contributed by atoms with van der Waals surface area (Å²) in [6.45, 7) is 3.06. The molecule has 25 heavy (non-hydrogen) atoms. The van der Waals surface area contributed by atoms with E-state index in [4.69, 9.17) is 0 Å². The molecule has 1 atom stereocenters. The molecule has 0 radical (unpaired) electrons. The Kier molecular flexibility index (Phi) is 5.03. The Morgan fingerprint density at radius 3 is 2.52 bits per heavy atom. The zero-order valence-corrected chi connectivity index (χ0v) is 14.6. The molecule has 3 rings (SSSR count). The van der Waals surface area contributed by atoms with Crippen molar-refractivity contribution >= 4 is 17.6 Å². The van der Waals surface area contributed by atoms with Crippen LogP contribution in [0, 0.1) is 6.92 Å². The van der Waals surface area contributed by atoms with Crippen molar-refractivity contribution in [2.45, 2.75) is 25.9 Å². The van der Waals surface area contributed by atoms with Crippen LogP contribution in [0.3, 0.4) is 0 Å². The van der Waals surface area contributed by atoms with Crippen molar-refractivity contribution in [3.63, 3.8) is 0 Å². The van der Waals surface area contributed by atoms with Gasteiger partial charge < -0.3 is 15.1 Å². The highest BCUT2D eigenvalue weighted by Gasteiger charge is 2.32. The van der Waals surface area contributed by atoms with Gasteiger partial charge in [-0.25, -0.2) is 4.79 Å². The summed E-state index contributed by atoms with van der Waals surface area (Å²) in [5.41, 5.74) is 3.11. The Morgan fingerprint density at radius 1 is 1.16 bits per heavy atom. The van der Waals surface area contributed by atoms with Gasteiger partial charge >= 0.3 is 6.03 Å². The molecule has 1 saturated heterocycles. The number of carbonyl (C=O) groups is 2. The molecule has 0 aromatic heterocycles. The molecular formula is C20H23N3O2. The Balaban J connectivity index is 1.57. The molecule has 3 amide bonds. The van der Waals surface area contributed by atoms with Crippen LogP contribution in [-0.2, 0) is 11.3 Å². The van der Waals surface area contributed by atoms with Crippen LogP contribution < -0.4 is 10.2 Å². The molecule has 1 aliphatic heterocycles. The van der Waals surface area contributed by atoms with Crippen molar-refractivity contribution in [3.8, 4) is 0 Å². The van der Waals surface area contributed by atoms with Gasteiger partial charge in [-0.15, -0.1) is 0 Å². The highest BCUT2D eigenvalue weighted by molar-refractivity contribution is 5.96. The zero-order chi connectivity index (χ0) is 17.8. The number of anilines is 1. The van der Waals surface area contributed by atoms with Gasteiger partial charge in [0.15, 0.2) is 0 Å². The third-order valence-electron chi connectivity index (χ3n) is 4.41. The maximum absolute atomic E-state index is 12.4. The van der Waals surface area contributed by atoms with E-state index in [1.165, 1.54) is 0 Å². The number of nitrogens with zero attached hydrogens (tertiary/aromatic N) is 2. The molecule has 0 unspecified atom stereocenters. The van der Waals surface area contributed by atoms with E-state index in [0.29, 0.717) is 19.5 Å². The first-order valence-electron chi connectivity index (χ1n) is 8.45. The van der Waals surface area contributed by atoms with E-state index in [1.807, 2.05) is 61.5 Å². The van der Waals surface area contributed by atoms with Crippen LogP contribution in [0.4, 0.5) is 10.5 Å². The van der Waals surface area contributed by atoms with E-state index in [1.54, 1.807) is 16.8 Å². The summed E-state index contributed by atoms with van der Waals surface area (Å²) in [5, 5.41) is 2.96. The van der Waals surface area contributed by atoms with Crippen molar-refractivity contribution in [1.82, 2.24) is 10.2 Å². The van der Waals surface area contributed by atoms with E-state index in [-0.39, 0.29) is 18.0 Å². The SMILES string of the molecule is Cc1ccc(N2C[C@H](NC(=O)N(C)Cc3ccccc3)CC2=O)cc1. The fourth-order valence-corrected chi connectivity index (χ4v) is 2.99. The Hall–Kier alpha value is -2.82. The third kappa shape index (κ3) is 4.18. The number of nitrogens with one attached hydrogen (secondary N) is 1. The molecule has 0 aliphatic carbocycles. The molecule has 5 nitrogen and oxygen atoms in total. The van der Waals surface area contributed by atoms with E-state index in [0.717, 1.165) is 16.8 Å². The second kappa shape index (κ2) is 7.38. The Bertz CT molecular complexity index is 743. The number of rotatable bonds is 4. The molecule has 0 saturated carbocycles. The average molecular weight is 337 g/mol. The molecular weight excluding hydrogens is 314 g/mol. The minimum atomic E-state index is -0.167. The lowest BCUT2D eigenvalue weighted by molar-refractivity contribution is -0.117. The summed E-state index contributed by atoms with van der Waals surface area (Å²) < 4.78 is 0. The van der Waals surface area contributed by atoms with Crippen LogP contribution in [0.15, 0.2) is 54.6 Å². The lowest BCUT2D eigenvalue weighted by Gasteiger charge is -2.21. The van der Waals surface area contributed by atoms with Crippen molar-refractivity contribution < 1.29 is 9.59 Å². The van der Waals surface area contributed by atoms with Crippen LogP contribution >= 0.6 is 0 Å². The molecule has 1 N–H and O–H groups in total. The first kappa shape index (κ1) is 17.0. The summed E-state index contributed by atoms with van der Waals surface area (Å²) in [6, 6.07) is 17.4. The maximum atomic E-state index is 12.4. The molecule has 2 aromatic carbocycles. The van der Waals surface area contributed by atoms with Crippen molar-refractivity contribution in [1.29, 1.82) is 0 Å². The number of hydrogen-bond acceptors (Lipinski definition) is 2. The Morgan fingerprint density at radius 2 is 1.84 bits per heavy atom. The predicted octanol–water partition coefficient (Wildman–Crippen LogP) is 2.94. The smallest absolute Gasteiger partial charge is 0.317 e. The normalized spacial score (nSPS) is 16.8. The largest absolute Gasteiger partial charge is 0.333 e. The predicted molar refractivity (Wildman–Crippen MR) is 98.4 cm³/mol. The molecule has 0 bridgehead atoms. The van der Waals surface area contributed by atoms with Gasteiger partial charge in [0.25, 0.3) is 0 Å². The van der Waals surface area contributed by atoms with Gasteiger partial charge in [-0.1, -0.05) is 48.0 Å². The van der Waals surface area contributed by atoms with E-state index < -0.39 is 0 Å². The minimum Gasteiger partial charge on any atom is -0.333 e. The molecule has 2 aromatic rings. The van der Waals surface area contributed by atoms with E-state index >= 15 is 0 Å². The molecule has 5 heteroatoms. The molecule has 130 valence electrons. The minimum absolute atomic E-state index is 0.0415. The van der Waals surface area contributed by atoms with Gasteiger partial charge in [0, 0.05) is 32.2 Å². The fourth-order valence-electron chi connectivity index (χ4n) is 2.99. The Labute approximate surface area is 148 Å². The number of hydrogen-bond donors (Lipinski definition) is 1. The number of carbonyl (C=O) groups excluding carboxylic acids is 2. The standard InChI is InChI=1S/C20H23N3O2/c1-15-8-10-18(11-9-15)23-14-17(12-19(23)24)21-20(25)22(2)13-16-6-4-3-5-7-16/h3-11,17H,12-14H2,1-2H3,(H,21,25)/t17-/m1/s1. The summed E-state index contributed by atoms with van der Waals surface area (Å²) >= 11 is 0. The summed E-state index contributed by atoms with van der Waals surface area (Å²) in [7, 11) is 1.76. The lowest BCUT2D eigenvalue weighted by atomic mass is 10.2. The number of amides is 3. The molecule has 1 heterocycles. The van der Waals surface area contributed by atoms with Crippen molar-refractivity contribution in [2.75, 3.05) is 18.5 Å². The molecule has 0 spiro atoms. The summed E-state index contributed by atoms with van der Waals surface area (Å²) in [4.78, 5) is 28.0. The van der Waals surface area contributed by atoms with Gasteiger partial charge in [0.2, 0.25) is 5.91 Å². The van der Waals surface area contributed by atoms with Gasteiger partial charge in [0.1, 0.15) is 0 Å². The second-order valence-electron chi connectivity index (χ2n) is 6.53. The summed E-state index contributed by atoms with van der Waals surface area (Å²) in [6.07, 6.45) is 0.332. The number of benzene rings is 2. The molecule has 1 fully saturated rings. The zero-order valence-electron chi connectivity index (χ0n) is 14.6. The van der Waals surface area contributed by atoms with Crippen LogP contribution in [0.1, 0.15) is 17.5 Å². The van der Waals surface area contributed by atoms with Gasteiger partial charge in [-0.3, -0.25) is 4.79 Å². The van der Waals surface area contributed by atoms with Gasteiger partial charge in [0.05, 0.1) is 6.04 Å². The molecule has 1 aliphatic rings. The van der Waals surface area contributed by atoms with Gasteiger partial charge in [-0.05, 0) is 24.6 Å². The van der Waals surface area contributed by atoms with Crippen LogP contribution in [0.25, 0.3) is 0 Å². The van der Waals surface area contributed by atoms with E-state index in [9.17, 15) is 9.59 Å². The van der Waals surface area contributed by atoms with Crippen LogP contribution in [0.2, 0.25) is 0 Å². The van der Waals surface area contributed by atoms with E-state index in [2.05, 4.69) is 5.32 Å². The monoisotopic (exact) mass is 337 g/mol. The number of aryl methyl sites for hydroxylation is 1. The maximum Gasteiger partial charge on any atom is 0.317 e. The lowest BCUT2D eigenvalue weighted by Crippen LogP contribution is -2.43. The van der Waals surface area contributed by atoms with Crippen LogP contribution in [0.5, 0.6) is 0 Å². The van der Waals surface area contributed by atoms with Crippen molar-refractivity contribution in [2.24, 2.45) is 0 Å². The highest BCUT2D eigenvalue weighted by Crippen LogP contribution is 2.22. The van der Waals surface area contributed by atoms with Crippen LogP contribution in [-0.4, -0.2) is 36.5 Å². The summed E-state index contributed by atoms with van der Waals surface area (Å²) in [5.74, 6) is 0.0415.